The Balaban J connectivity index is 2.96. The van der Waals surface area contributed by atoms with Crippen molar-refractivity contribution < 1.29 is 10.8 Å². The van der Waals surface area contributed by atoms with Crippen molar-refractivity contribution >= 4 is 0 Å². The van der Waals surface area contributed by atoms with Crippen LogP contribution in [0, 0.1) is 11.8 Å². The number of hydrogen-bond acceptors (Lipinski definition) is 2. The summed E-state index contributed by atoms with van der Waals surface area (Å²) in [5.41, 5.74) is 0. The Kier molecular flexibility index (Phi) is 15.2. The van der Waals surface area contributed by atoms with E-state index in [1.807, 2.05) is 0 Å². The third-order valence-electron chi connectivity index (χ3n) is 2.76. The summed E-state index contributed by atoms with van der Waals surface area (Å²) >= 11 is 0. The van der Waals surface area contributed by atoms with Crippen molar-refractivity contribution in [2.45, 2.75) is 71.6 Å². The van der Waals surface area contributed by atoms with E-state index in [-0.39, 0.29) is 0 Å². The molecule has 0 N–H and O–H groups in total. The third kappa shape index (κ3) is 17.5. The van der Waals surface area contributed by atoms with E-state index >= 15 is 0 Å². The number of hydrogen-bond donors (Lipinski definition) is 0. The summed E-state index contributed by atoms with van der Waals surface area (Å²) in [6.45, 7) is 5.90. The molecule has 0 aliphatic carbocycles. The van der Waals surface area contributed by atoms with Gasteiger partial charge in [0.2, 0.25) is 0 Å². The highest BCUT2D eigenvalue weighted by molar-refractivity contribution is 4.97. The van der Waals surface area contributed by atoms with Crippen molar-refractivity contribution in [2.24, 2.45) is 0 Å². The maximum atomic E-state index is 6.98. The van der Waals surface area contributed by atoms with Crippen molar-refractivity contribution in [3.8, 4) is 11.8 Å². The molecule has 112 valence electrons. The van der Waals surface area contributed by atoms with Crippen LogP contribution in [-0.4, -0.2) is 26.4 Å². The second-order valence-corrected chi connectivity index (χ2v) is 4.66. The van der Waals surface area contributed by atoms with E-state index in [9.17, 15) is 0 Å². The molecule has 0 saturated heterocycles. The van der Waals surface area contributed by atoms with Gasteiger partial charge in [-0.3, -0.25) is 0 Å². The fourth-order valence-electron chi connectivity index (χ4n) is 1.70. The Morgan fingerprint density at radius 2 is 1.42 bits per heavy atom. The van der Waals surface area contributed by atoms with Crippen molar-refractivity contribution in [3.05, 3.63) is 0 Å². The molecule has 0 amide bonds. The highest BCUT2D eigenvalue weighted by Gasteiger charge is 1.92. The molecule has 0 aromatic carbocycles. The molecule has 0 unspecified atom stereocenters. The van der Waals surface area contributed by atoms with Gasteiger partial charge in [0.25, 0.3) is 0 Å². The predicted molar refractivity (Wildman–Crippen MR) is 82.3 cm³/mol. The quantitative estimate of drug-likeness (QED) is 0.360. The average Bonchev–Trinajstić information content (AvgIpc) is 2.47. The maximum absolute atomic E-state index is 6.98. The predicted octanol–water partition coefficient (Wildman–Crippen LogP) is 4.57. The van der Waals surface area contributed by atoms with Crippen LogP contribution < -0.4 is 0 Å². The molecule has 0 aromatic rings. The molecule has 2 heteroatoms. The van der Waals surface area contributed by atoms with Gasteiger partial charge in [-0.2, -0.15) is 0 Å². The lowest BCUT2D eigenvalue weighted by molar-refractivity contribution is 0.113. The van der Waals surface area contributed by atoms with Gasteiger partial charge in [-0.05, 0) is 38.5 Å². The molecule has 0 rings (SSSR count). The number of rotatable bonds is 13. The van der Waals surface area contributed by atoms with Crippen LogP contribution in [-0.2, 0) is 9.47 Å². The molecule has 0 bridgehead atoms. The summed E-state index contributed by atoms with van der Waals surface area (Å²) in [5.74, 6) is 6.26. The molecule has 0 radical (unpaired) electrons. The van der Waals surface area contributed by atoms with Crippen LogP contribution in [0.1, 0.15) is 73.0 Å². The minimum atomic E-state index is 0.471. The topological polar surface area (TPSA) is 18.5 Å². The minimum absolute atomic E-state index is 0.471. The zero-order valence-electron chi connectivity index (χ0n) is 13.7. The van der Waals surface area contributed by atoms with Gasteiger partial charge in [0, 0.05) is 40.6 Å². The van der Waals surface area contributed by atoms with Crippen LogP contribution in [0.3, 0.4) is 0 Å². The Labute approximate surface area is 121 Å². The lowest BCUT2D eigenvalue weighted by atomic mass is 10.2. The average molecular weight is 269 g/mol. The largest absolute Gasteiger partial charge is 0.381 e. The standard InChI is InChI=1S/C17H32O2/c1-3-5-6-7-8-9-11-16-19-17-13-10-12-15-18-14-4-2/h3-4,7-17H2,1-2H3/i2D. The Hall–Kier alpha value is -0.520. The molecule has 0 aromatic heterocycles. The van der Waals surface area contributed by atoms with Crippen LogP contribution in [0.2, 0.25) is 0 Å². The smallest absolute Gasteiger partial charge is 0.0466 e. The van der Waals surface area contributed by atoms with Gasteiger partial charge in [0.05, 0.1) is 0 Å². The molecule has 0 aliphatic heterocycles. The second-order valence-electron chi connectivity index (χ2n) is 4.66. The first-order valence-corrected chi connectivity index (χ1v) is 7.82. The van der Waals surface area contributed by atoms with Crippen LogP contribution in [0.5, 0.6) is 0 Å². The first-order valence-electron chi connectivity index (χ1n) is 8.53. The summed E-state index contributed by atoms with van der Waals surface area (Å²) < 4.78 is 18.0. The van der Waals surface area contributed by atoms with Gasteiger partial charge in [0.15, 0.2) is 0 Å². The number of ether oxygens (including phenoxy) is 2. The molecule has 0 spiro atoms. The SMILES string of the molecule is [2H]CCCOCCCCCOCCCCCC#CCC. The Morgan fingerprint density at radius 1 is 0.789 bits per heavy atom. The van der Waals surface area contributed by atoms with Gasteiger partial charge < -0.3 is 9.47 Å². The van der Waals surface area contributed by atoms with Crippen LogP contribution in [0.15, 0.2) is 0 Å². The molecule has 0 heterocycles. The van der Waals surface area contributed by atoms with Crippen molar-refractivity contribution in [1.29, 1.82) is 0 Å². The van der Waals surface area contributed by atoms with Gasteiger partial charge in [0.1, 0.15) is 0 Å². The maximum Gasteiger partial charge on any atom is 0.0466 e. The second kappa shape index (κ2) is 17.5. The summed E-state index contributed by atoms with van der Waals surface area (Å²) in [6.07, 6.45) is 9.85. The zero-order valence-corrected chi connectivity index (χ0v) is 12.7. The van der Waals surface area contributed by atoms with E-state index in [0.717, 1.165) is 65.0 Å². The molecular formula is C17H32O2. The first kappa shape index (κ1) is 16.5. The molecule has 0 atom stereocenters. The van der Waals surface area contributed by atoms with Crippen molar-refractivity contribution in [1.82, 2.24) is 0 Å². The van der Waals surface area contributed by atoms with E-state index in [4.69, 9.17) is 10.8 Å². The molecular weight excluding hydrogens is 236 g/mol. The summed E-state index contributed by atoms with van der Waals surface area (Å²) in [5, 5.41) is 0. The van der Waals surface area contributed by atoms with Crippen LogP contribution in [0.4, 0.5) is 0 Å². The molecule has 0 saturated carbocycles. The summed E-state index contributed by atoms with van der Waals surface area (Å²) in [6, 6.07) is 0. The molecule has 0 fully saturated rings. The minimum Gasteiger partial charge on any atom is -0.381 e. The van der Waals surface area contributed by atoms with Crippen LogP contribution >= 0.6 is 0 Å². The summed E-state index contributed by atoms with van der Waals surface area (Å²) in [7, 11) is 0. The highest BCUT2D eigenvalue weighted by atomic mass is 16.5. The van der Waals surface area contributed by atoms with E-state index in [1.54, 1.807) is 0 Å². The van der Waals surface area contributed by atoms with Crippen molar-refractivity contribution in [3.63, 3.8) is 0 Å². The first-order chi connectivity index (χ1) is 9.91. The Morgan fingerprint density at radius 3 is 2.05 bits per heavy atom. The van der Waals surface area contributed by atoms with E-state index in [1.165, 1.54) is 19.3 Å². The zero-order chi connectivity index (χ0) is 14.7. The fraction of sp³-hybridized carbons (Fsp3) is 0.882. The van der Waals surface area contributed by atoms with Crippen molar-refractivity contribution in [2.75, 3.05) is 26.4 Å². The van der Waals surface area contributed by atoms with E-state index in [0.29, 0.717) is 6.90 Å². The van der Waals surface area contributed by atoms with Gasteiger partial charge in [-0.15, -0.1) is 11.8 Å². The van der Waals surface area contributed by atoms with Gasteiger partial charge >= 0.3 is 0 Å². The van der Waals surface area contributed by atoms with Gasteiger partial charge in [-0.25, -0.2) is 0 Å². The normalized spacial score (nSPS) is 10.9. The molecule has 19 heavy (non-hydrogen) atoms. The monoisotopic (exact) mass is 269 g/mol. The third-order valence-corrected chi connectivity index (χ3v) is 2.76. The lowest BCUT2D eigenvalue weighted by Crippen LogP contribution is -1.99. The summed E-state index contributed by atoms with van der Waals surface area (Å²) in [4.78, 5) is 0. The Bertz CT molecular complexity index is 233. The lowest BCUT2D eigenvalue weighted by Gasteiger charge is -2.04. The van der Waals surface area contributed by atoms with Gasteiger partial charge in [-0.1, -0.05) is 20.2 Å². The highest BCUT2D eigenvalue weighted by Crippen LogP contribution is 2.01. The van der Waals surface area contributed by atoms with Crippen LogP contribution in [0.25, 0.3) is 0 Å². The van der Waals surface area contributed by atoms with E-state index in [2.05, 4.69) is 18.8 Å². The molecule has 2 nitrogen and oxygen atoms in total. The number of unbranched alkanes of at least 4 members (excludes halogenated alkanes) is 5. The van der Waals surface area contributed by atoms with E-state index < -0.39 is 0 Å². The fourth-order valence-corrected chi connectivity index (χ4v) is 1.70. The molecule has 0 aliphatic rings.